The van der Waals surface area contributed by atoms with Crippen LogP contribution in [-0.2, 0) is 0 Å². The fourth-order valence-electron chi connectivity index (χ4n) is 1.98. The van der Waals surface area contributed by atoms with Gasteiger partial charge in [-0.05, 0) is 48.9 Å². The quantitative estimate of drug-likeness (QED) is 0.685. The third-order valence-electron chi connectivity index (χ3n) is 2.94. The van der Waals surface area contributed by atoms with Crippen LogP contribution in [0, 0.1) is 6.92 Å². The lowest BCUT2D eigenvalue weighted by atomic mass is 10.2. The van der Waals surface area contributed by atoms with Gasteiger partial charge in [0.1, 0.15) is 11.6 Å². The molecule has 2 heterocycles. The maximum atomic E-state index is 5.91. The molecule has 94 valence electrons. The molecule has 19 heavy (non-hydrogen) atoms. The Balaban J connectivity index is 1.98. The van der Waals surface area contributed by atoms with E-state index in [0.717, 1.165) is 33.8 Å². The Hall–Kier alpha value is -2.62. The highest BCUT2D eigenvalue weighted by Crippen LogP contribution is 2.22. The minimum absolute atomic E-state index is 0.741. The van der Waals surface area contributed by atoms with Crippen molar-refractivity contribution in [2.75, 3.05) is 11.1 Å². The molecular formula is C15H14N4. The number of benzene rings is 1. The molecule has 0 aliphatic rings. The van der Waals surface area contributed by atoms with Gasteiger partial charge in [0.25, 0.3) is 0 Å². The van der Waals surface area contributed by atoms with Crippen molar-refractivity contribution in [3.8, 4) is 0 Å². The number of rotatable bonds is 2. The van der Waals surface area contributed by atoms with E-state index in [4.69, 9.17) is 5.73 Å². The van der Waals surface area contributed by atoms with E-state index in [9.17, 15) is 0 Å². The van der Waals surface area contributed by atoms with Gasteiger partial charge < -0.3 is 11.1 Å². The lowest BCUT2D eigenvalue weighted by molar-refractivity contribution is 1.25. The molecule has 0 aliphatic carbocycles. The summed E-state index contributed by atoms with van der Waals surface area (Å²) in [6.07, 6.45) is 1.77. The Morgan fingerprint density at radius 2 is 1.95 bits per heavy atom. The average Bonchev–Trinajstić information content (AvgIpc) is 2.39. The number of pyridine rings is 2. The molecule has 3 aromatic rings. The van der Waals surface area contributed by atoms with Gasteiger partial charge >= 0.3 is 0 Å². The van der Waals surface area contributed by atoms with E-state index in [1.807, 2.05) is 49.4 Å². The summed E-state index contributed by atoms with van der Waals surface area (Å²) in [4.78, 5) is 8.79. The van der Waals surface area contributed by atoms with Crippen LogP contribution in [0.5, 0.6) is 0 Å². The summed E-state index contributed by atoms with van der Waals surface area (Å²) in [7, 11) is 0. The van der Waals surface area contributed by atoms with Crippen LogP contribution < -0.4 is 11.1 Å². The first-order chi connectivity index (χ1) is 9.22. The Bertz CT molecular complexity index is 737. The summed E-state index contributed by atoms with van der Waals surface area (Å²) < 4.78 is 0. The Morgan fingerprint density at radius 3 is 2.79 bits per heavy atom. The molecule has 3 rings (SSSR count). The summed E-state index contributed by atoms with van der Waals surface area (Å²) in [5.74, 6) is 1.55. The number of nitrogens with zero attached hydrogens (tertiary/aromatic N) is 2. The first kappa shape index (κ1) is 11.5. The summed E-state index contributed by atoms with van der Waals surface area (Å²) in [6.45, 7) is 2.03. The van der Waals surface area contributed by atoms with Crippen LogP contribution in [0.15, 0.2) is 48.7 Å². The van der Waals surface area contributed by atoms with E-state index in [2.05, 4.69) is 15.3 Å². The number of anilines is 3. The van der Waals surface area contributed by atoms with Crippen LogP contribution in [0.1, 0.15) is 5.56 Å². The second-order valence-electron chi connectivity index (χ2n) is 4.45. The summed E-state index contributed by atoms with van der Waals surface area (Å²) in [5, 5.41) is 4.16. The first-order valence-corrected chi connectivity index (χ1v) is 6.07. The van der Waals surface area contributed by atoms with Crippen molar-refractivity contribution < 1.29 is 0 Å². The number of aromatic nitrogens is 2. The molecule has 3 N–H and O–H groups in total. The van der Waals surface area contributed by atoms with Crippen molar-refractivity contribution >= 4 is 28.2 Å². The molecule has 0 saturated carbocycles. The van der Waals surface area contributed by atoms with Gasteiger partial charge in [0.05, 0.1) is 5.52 Å². The van der Waals surface area contributed by atoms with Gasteiger partial charge in [0, 0.05) is 17.3 Å². The van der Waals surface area contributed by atoms with Gasteiger partial charge in [-0.25, -0.2) is 9.97 Å². The van der Waals surface area contributed by atoms with Crippen molar-refractivity contribution in [3.63, 3.8) is 0 Å². The molecule has 2 aromatic heterocycles. The smallest absolute Gasteiger partial charge is 0.132 e. The highest BCUT2D eigenvalue weighted by Gasteiger charge is 2.02. The van der Waals surface area contributed by atoms with Crippen molar-refractivity contribution in [1.82, 2.24) is 9.97 Å². The Morgan fingerprint density at radius 1 is 1.05 bits per heavy atom. The zero-order valence-corrected chi connectivity index (χ0v) is 10.6. The van der Waals surface area contributed by atoms with E-state index >= 15 is 0 Å². The standard InChI is InChI=1S/C15H14N4/c1-10-7-8-17-15(9-10)19-14-6-5-11-12(16)3-2-4-13(11)18-14/h2-9H,16H2,1H3,(H,17,18,19). The summed E-state index contributed by atoms with van der Waals surface area (Å²) in [6, 6.07) is 13.5. The minimum atomic E-state index is 0.741. The number of hydrogen-bond donors (Lipinski definition) is 2. The van der Waals surface area contributed by atoms with Gasteiger partial charge in [-0.15, -0.1) is 0 Å². The van der Waals surface area contributed by atoms with Gasteiger partial charge in [0.15, 0.2) is 0 Å². The number of hydrogen-bond acceptors (Lipinski definition) is 4. The molecule has 0 unspecified atom stereocenters. The van der Waals surface area contributed by atoms with Crippen molar-refractivity contribution in [1.29, 1.82) is 0 Å². The predicted octanol–water partition coefficient (Wildman–Crippen LogP) is 3.26. The molecule has 0 saturated heterocycles. The van der Waals surface area contributed by atoms with Crippen molar-refractivity contribution in [2.45, 2.75) is 6.92 Å². The fourth-order valence-corrected chi connectivity index (χ4v) is 1.98. The molecule has 0 bridgehead atoms. The van der Waals surface area contributed by atoms with E-state index in [-0.39, 0.29) is 0 Å². The van der Waals surface area contributed by atoms with Gasteiger partial charge in [-0.3, -0.25) is 0 Å². The van der Waals surface area contributed by atoms with Gasteiger partial charge in [-0.2, -0.15) is 0 Å². The third-order valence-corrected chi connectivity index (χ3v) is 2.94. The lowest BCUT2D eigenvalue weighted by Crippen LogP contribution is -1.97. The number of nitrogen functional groups attached to an aromatic ring is 1. The third kappa shape index (κ3) is 2.33. The van der Waals surface area contributed by atoms with Crippen molar-refractivity contribution in [3.05, 3.63) is 54.2 Å². The van der Waals surface area contributed by atoms with E-state index in [1.54, 1.807) is 6.20 Å². The van der Waals surface area contributed by atoms with Crippen LogP contribution in [0.25, 0.3) is 10.9 Å². The Labute approximate surface area is 111 Å². The maximum Gasteiger partial charge on any atom is 0.132 e. The molecule has 0 aliphatic heterocycles. The Kier molecular flexibility index (Phi) is 2.76. The topological polar surface area (TPSA) is 63.8 Å². The highest BCUT2D eigenvalue weighted by atomic mass is 15.0. The van der Waals surface area contributed by atoms with Crippen LogP contribution in [-0.4, -0.2) is 9.97 Å². The molecule has 1 aromatic carbocycles. The average molecular weight is 250 g/mol. The normalized spacial score (nSPS) is 10.6. The summed E-state index contributed by atoms with van der Waals surface area (Å²) in [5.41, 5.74) is 8.67. The molecule has 4 nitrogen and oxygen atoms in total. The minimum Gasteiger partial charge on any atom is -0.398 e. The number of nitrogens with one attached hydrogen (secondary N) is 1. The molecule has 0 amide bonds. The lowest BCUT2D eigenvalue weighted by Gasteiger charge is -2.07. The van der Waals surface area contributed by atoms with Gasteiger partial charge in [0.2, 0.25) is 0 Å². The molecule has 0 spiro atoms. The van der Waals surface area contributed by atoms with Gasteiger partial charge in [-0.1, -0.05) is 6.07 Å². The van der Waals surface area contributed by atoms with E-state index in [1.165, 1.54) is 0 Å². The van der Waals surface area contributed by atoms with Crippen LogP contribution in [0.3, 0.4) is 0 Å². The monoisotopic (exact) mass is 250 g/mol. The molecule has 0 atom stereocenters. The summed E-state index contributed by atoms with van der Waals surface area (Å²) >= 11 is 0. The molecule has 4 heteroatoms. The second-order valence-corrected chi connectivity index (χ2v) is 4.45. The largest absolute Gasteiger partial charge is 0.398 e. The first-order valence-electron chi connectivity index (χ1n) is 6.07. The SMILES string of the molecule is Cc1ccnc(Nc2ccc3c(N)cccc3n2)c1. The van der Waals surface area contributed by atoms with Crippen LogP contribution >= 0.6 is 0 Å². The van der Waals surface area contributed by atoms with Crippen LogP contribution in [0.4, 0.5) is 17.3 Å². The van der Waals surface area contributed by atoms with E-state index in [0.29, 0.717) is 0 Å². The fraction of sp³-hybridized carbons (Fsp3) is 0.0667. The van der Waals surface area contributed by atoms with Crippen LogP contribution in [0.2, 0.25) is 0 Å². The molecular weight excluding hydrogens is 236 g/mol. The zero-order chi connectivity index (χ0) is 13.2. The molecule has 0 fully saturated rings. The maximum absolute atomic E-state index is 5.91. The van der Waals surface area contributed by atoms with Crippen molar-refractivity contribution in [2.24, 2.45) is 0 Å². The molecule has 0 radical (unpaired) electrons. The number of nitrogens with two attached hydrogens (primary N) is 1. The van der Waals surface area contributed by atoms with E-state index < -0.39 is 0 Å². The predicted molar refractivity (Wildman–Crippen MR) is 78.4 cm³/mol. The highest BCUT2D eigenvalue weighted by molar-refractivity contribution is 5.91. The number of fused-ring (bicyclic) bond motifs is 1. The second kappa shape index (κ2) is 4.57. The number of aryl methyl sites for hydroxylation is 1. The zero-order valence-electron chi connectivity index (χ0n) is 10.6.